The van der Waals surface area contributed by atoms with Crippen LogP contribution in [0.25, 0.3) is 0 Å². The molecule has 0 aliphatic heterocycles. The Morgan fingerprint density at radius 1 is 1.35 bits per heavy atom. The van der Waals surface area contributed by atoms with Crippen molar-refractivity contribution in [1.29, 1.82) is 0 Å². The van der Waals surface area contributed by atoms with Gasteiger partial charge in [-0.25, -0.2) is 0 Å². The fourth-order valence-corrected chi connectivity index (χ4v) is 2.38. The second-order valence-corrected chi connectivity index (χ2v) is 5.69. The predicted octanol–water partition coefficient (Wildman–Crippen LogP) is 1.99. The lowest BCUT2D eigenvalue weighted by Gasteiger charge is -2.25. The number of hydrogen-bond donors (Lipinski definition) is 2. The Hall–Kier alpha value is -1.33. The monoisotopic (exact) mass is 282 g/mol. The molecule has 0 saturated heterocycles. The summed E-state index contributed by atoms with van der Waals surface area (Å²) in [5, 5.41) is 13.5. The fraction of sp³-hybridized carbons (Fsp3) is 0.667. The molecule has 5 nitrogen and oxygen atoms in total. The van der Waals surface area contributed by atoms with Crippen molar-refractivity contribution in [3.8, 4) is 11.5 Å². The third-order valence-corrected chi connectivity index (χ3v) is 3.01. The number of nitrogens with zero attached hydrogens (tertiary/aromatic N) is 1. The van der Waals surface area contributed by atoms with Crippen molar-refractivity contribution < 1.29 is 14.6 Å². The van der Waals surface area contributed by atoms with Crippen molar-refractivity contribution in [2.75, 3.05) is 20.8 Å². The van der Waals surface area contributed by atoms with Gasteiger partial charge < -0.3 is 19.9 Å². The molecular formula is C15H26N2O3. The summed E-state index contributed by atoms with van der Waals surface area (Å²) in [6.07, 6.45) is 2.44. The Morgan fingerprint density at radius 2 is 2.05 bits per heavy atom. The number of methoxy groups -OCH3 is 2. The first-order chi connectivity index (χ1) is 9.39. The van der Waals surface area contributed by atoms with Crippen molar-refractivity contribution in [1.82, 2.24) is 10.3 Å². The Bertz CT molecular complexity index is 420. The number of ether oxygens (including phenoxy) is 2. The maximum atomic E-state index is 10.3. The smallest absolute Gasteiger partial charge is 0.183 e. The summed E-state index contributed by atoms with van der Waals surface area (Å²) >= 11 is 0. The van der Waals surface area contributed by atoms with Crippen LogP contribution in [0.5, 0.6) is 11.5 Å². The molecule has 1 aromatic heterocycles. The van der Waals surface area contributed by atoms with Gasteiger partial charge in [0, 0.05) is 25.4 Å². The van der Waals surface area contributed by atoms with Crippen LogP contribution in [-0.2, 0) is 6.54 Å². The van der Waals surface area contributed by atoms with Gasteiger partial charge in [-0.05, 0) is 19.3 Å². The number of aliphatic hydroxyl groups is 1. The zero-order valence-corrected chi connectivity index (χ0v) is 13.1. The van der Waals surface area contributed by atoms with E-state index in [4.69, 9.17) is 9.47 Å². The molecule has 1 atom stereocenters. The van der Waals surface area contributed by atoms with Crippen molar-refractivity contribution >= 4 is 0 Å². The van der Waals surface area contributed by atoms with E-state index in [2.05, 4.69) is 24.1 Å². The molecule has 1 rings (SSSR count). The third kappa shape index (κ3) is 4.98. The normalized spacial score (nSPS) is 14.2. The van der Waals surface area contributed by atoms with Crippen LogP contribution in [0.1, 0.15) is 32.9 Å². The Balaban J connectivity index is 2.62. The van der Waals surface area contributed by atoms with E-state index < -0.39 is 5.60 Å². The number of rotatable bonds is 8. The average Bonchev–Trinajstić information content (AvgIpc) is 2.36. The highest BCUT2D eigenvalue weighted by Crippen LogP contribution is 2.28. The Labute approximate surface area is 121 Å². The first-order valence-corrected chi connectivity index (χ1v) is 6.88. The Morgan fingerprint density at radius 3 is 2.60 bits per heavy atom. The van der Waals surface area contributed by atoms with E-state index in [1.54, 1.807) is 26.5 Å². The minimum Gasteiger partial charge on any atom is -0.493 e. The van der Waals surface area contributed by atoms with Crippen LogP contribution in [-0.4, -0.2) is 36.5 Å². The number of aromatic nitrogens is 1. The number of pyridine rings is 1. The van der Waals surface area contributed by atoms with E-state index in [1.165, 1.54) is 0 Å². The largest absolute Gasteiger partial charge is 0.493 e. The van der Waals surface area contributed by atoms with Gasteiger partial charge in [-0.3, -0.25) is 4.98 Å². The molecule has 0 saturated carbocycles. The minimum atomic E-state index is -0.722. The molecule has 0 aliphatic rings. The molecule has 0 radical (unpaired) electrons. The van der Waals surface area contributed by atoms with Crippen LogP contribution < -0.4 is 14.8 Å². The number of hydrogen-bond acceptors (Lipinski definition) is 5. The second-order valence-electron chi connectivity index (χ2n) is 5.69. The van der Waals surface area contributed by atoms with Crippen LogP contribution in [0.3, 0.4) is 0 Å². The van der Waals surface area contributed by atoms with Crippen LogP contribution in [0, 0.1) is 5.92 Å². The van der Waals surface area contributed by atoms with Gasteiger partial charge in [0.15, 0.2) is 11.5 Å². The van der Waals surface area contributed by atoms with Crippen LogP contribution in [0.15, 0.2) is 12.3 Å². The standard InChI is InChI=1S/C15H26N2O3/c1-11(2)8-15(3,18)10-16-9-12-14(20-5)13(19-4)6-7-17-12/h6-7,11,16,18H,8-10H2,1-5H3. The van der Waals surface area contributed by atoms with E-state index in [9.17, 15) is 5.11 Å². The van der Waals surface area contributed by atoms with Crippen LogP contribution in [0.2, 0.25) is 0 Å². The zero-order valence-electron chi connectivity index (χ0n) is 13.1. The molecule has 0 fully saturated rings. The van der Waals surface area contributed by atoms with E-state index in [0.717, 1.165) is 12.1 Å². The summed E-state index contributed by atoms with van der Waals surface area (Å²) in [5.41, 5.74) is 0.0486. The lowest BCUT2D eigenvalue weighted by atomic mass is 9.94. The van der Waals surface area contributed by atoms with Gasteiger partial charge >= 0.3 is 0 Å². The maximum Gasteiger partial charge on any atom is 0.183 e. The van der Waals surface area contributed by atoms with E-state index in [1.807, 2.05) is 6.92 Å². The molecule has 0 aromatic carbocycles. The summed E-state index contributed by atoms with van der Waals surface area (Å²) in [6.45, 7) is 7.07. The van der Waals surface area contributed by atoms with Gasteiger partial charge in [0.1, 0.15) is 0 Å². The highest BCUT2D eigenvalue weighted by atomic mass is 16.5. The lowest BCUT2D eigenvalue weighted by molar-refractivity contribution is 0.0382. The summed E-state index contributed by atoms with van der Waals surface area (Å²) in [4.78, 5) is 4.29. The summed E-state index contributed by atoms with van der Waals surface area (Å²) < 4.78 is 10.6. The number of nitrogens with one attached hydrogen (secondary N) is 1. The van der Waals surface area contributed by atoms with Gasteiger partial charge in [-0.2, -0.15) is 0 Å². The van der Waals surface area contributed by atoms with E-state index >= 15 is 0 Å². The molecule has 1 aromatic rings. The summed E-state index contributed by atoms with van der Waals surface area (Å²) in [5.74, 6) is 1.75. The third-order valence-electron chi connectivity index (χ3n) is 3.01. The van der Waals surface area contributed by atoms with E-state index in [0.29, 0.717) is 30.5 Å². The molecule has 0 aliphatic carbocycles. The topological polar surface area (TPSA) is 63.6 Å². The zero-order chi connectivity index (χ0) is 15.2. The molecule has 1 heterocycles. The Kier molecular flexibility index (Phi) is 6.23. The van der Waals surface area contributed by atoms with Crippen molar-refractivity contribution in [2.24, 2.45) is 5.92 Å². The van der Waals surface area contributed by atoms with Crippen LogP contribution in [0.4, 0.5) is 0 Å². The fourth-order valence-electron chi connectivity index (χ4n) is 2.38. The first kappa shape index (κ1) is 16.7. The van der Waals surface area contributed by atoms with E-state index in [-0.39, 0.29) is 0 Å². The highest BCUT2D eigenvalue weighted by Gasteiger charge is 2.21. The van der Waals surface area contributed by atoms with Crippen LogP contribution >= 0.6 is 0 Å². The molecule has 2 N–H and O–H groups in total. The minimum absolute atomic E-state index is 0.455. The predicted molar refractivity (Wildman–Crippen MR) is 79.1 cm³/mol. The molecule has 20 heavy (non-hydrogen) atoms. The summed E-state index contributed by atoms with van der Waals surface area (Å²) in [7, 11) is 3.19. The molecule has 1 unspecified atom stereocenters. The van der Waals surface area contributed by atoms with Gasteiger partial charge in [-0.15, -0.1) is 0 Å². The van der Waals surface area contributed by atoms with Gasteiger partial charge in [0.2, 0.25) is 0 Å². The molecule has 0 bridgehead atoms. The lowest BCUT2D eigenvalue weighted by Crippen LogP contribution is -2.38. The molecule has 0 spiro atoms. The van der Waals surface area contributed by atoms with Crippen molar-refractivity contribution in [3.05, 3.63) is 18.0 Å². The summed E-state index contributed by atoms with van der Waals surface area (Å²) in [6, 6.07) is 1.76. The molecule has 0 amide bonds. The average molecular weight is 282 g/mol. The first-order valence-electron chi connectivity index (χ1n) is 6.88. The van der Waals surface area contributed by atoms with Gasteiger partial charge in [0.25, 0.3) is 0 Å². The van der Waals surface area contributed by atoms with Crippen molar-refractivity contribution in [3.63, 3.8) is 0 Å². The molecule has 114 valence electrons. The van der Waals surface area contributed by atoms with Crippen molar-refractivity contribution in [2.45, 2.75) is 39.3 Å². The van der Waals surface area contributed by atoms with Gasteiger partial charge in [-0.1, -0.05) is 13.8 Å². The second kappa shape index (κ2) is 7.45. The quantitative estimate of drug-likeness (QED) is 0.763. The maximum absolute atomic E-state index is 10.3. The molecule has 5 heteroatoms. The van der Waals surface area contributed by atoms with Gasteiger partial charge in [0.05, 0.1) is 25.5 Å². The SMILES string of the molecule is COc1ccnc(CNCC(C)(O)CC(C)C)c1OC. The highest BCUT2D eigenvalue weighted by molar-refractivity contribution is 5.42. The molecular weight excluding hydrogens is 256 g/mol.